The van der Waals surface area contributed by atoms with Crippen LogP contribution in [0.5, 0.6) is 0 Å². The van der Waals surface area contributed by atoms with Crippen LogP contribution in [0.4, 0.5) is 0 Å². The topological polar surface area (TPSA) is 41.1 Å². The lowest BCUT2D eigenvalue weighted by Crippen LogP contribution is -1.89. The molecule has 3 rings (SSSR count). The molecule has 1 aromatic carbocycles. The molecule has 92 valence electrons. The number of benzene rings is 1. The van der Waals surface area contributed by atoms with Gasteiger partial charge in [-0.25, -0.2) is 4.98 Å². The highest BCUT2D eigenvalue weighted by Crippen LogP contribution is 2.25. The number of halogens is 1. The molecule has 0 aliphatic rings. The van der Waals surface area contributed by atoms with Crippen LogP contribution < -0.4 is 0 Å². The van der Waals surface area contributed by atoms with E-state index >= 15 is 0 Å². The molecule has 19 heavy (non-hydrogen) atoms. The second-order valence-corrected chi connectivity index (χ2v) is 4.80. The Kier molecular flexibility index (Phi) is 2.73. The number of nitriles is 1. The SMILES string of the molecule is Cc1ccn2c(C#N)c(-c3ccc(Cl)cc3)nc2c1. The first-order chi connectivity index (χ1) is 9.19. The van der Waals surface area contributed by atoms with Crippen LogP contribution in [0.15, 0.2) is 42.6 Å². The number of hydrogen-bond donors (Lipinski definition) is 0. The zero-order valence-corrected chi connectivity index (χ0v) is 11.0. The fraction of sp³-hybridized carbons (Fsp3) is 0.0667. The second-order valence-electron chi connectivity index (χ2n) is 4.36. The van der Waals surface area contributed by atoms with Gasteiger partial charge in [0.25, 0.3) is 0 Å². The quantitative estimate of drug-likeness (QED) is 0.672. The Hall–Kier alpha value is -2.31. The van der Waals surface area contributed by atoms with Crippen LogP contribution in [-0.4, -0.2) is 9.38 Å². The van der Waals surface area contributed by atoms with E-state index in [4.69, 9.17) is 11.6 Å². The van der Waals surface area contributed by atoms with Crippen LogP contribution in [0.25, 0.3) is 16.9 Å². The highest BCUT2D eigenvalue weighted by atomic mass is 35.5. The average Bonchev–Trinajstić information content (AvgIpc) is 2.77. The molecule has 0 atom stereocenters. The fourth-order valence-electron chi connectivity index (χ4n) is 2.06. The normalized spacial score (nSPS) is 10.6. The second kappa shape index (κ2) is 4.42. The van der Waals surface area contributed by atoms with Crippen LogP contribution in [0.2, 0.25) is 5.02 Å². The lowest BCUT2D eigenvalue weighted by molar-refractivity contribution is 1.14. The van der Waals surface area contributed by atoms with Gasteiger partial charge in [0.15, 0.2) is 5.69 Å². The summed E-state index contributed by atoms with van der Waals surface area (Å²) in [5, 5.41) is 10.0. The first kappa shape index (κ1) is 11.8. The average molecular weight is 268 g/mol. The number of pyridine rings is 1. The van der Waals surface area contributed by atoms with E-state index < -0.39 is 0 Å². The molecule has 0 N–H and O–H groups in total. The van der Waals surface area contributed by atoms with Gasteiger partial charge in [0.05, 0.1) is 0 Å². The van der Waals surface area contributed by atoms with Crippen LogP contribution in [0.3, 0.4) is 0 Å². The highest BCUT2D eigenvalue weighted by molar-refractivity contribution is 6.30. The largest absolute Gasteiger partial charge is 0.291 e. The van der Waals surface area contributed by atoms with Gasteiger partial charge in [0, 0.05) is 16.8 Å². The summed E-state index contributed by atoms with van der Waals surface area (Å²) in [5.41, 5.74) is 4.01. The van der Waals surface area contributed by atoms with Crippen LogP contribution in [-0.2, 0) is 0 Å². The Balaban J connectivity index is 2.29. The van der Waals surface area contributed by atoms with Gasteiger partial charge in [-0.3, -0.25) is 4.40 Å². The molecule has 3 nitrogen and oxygen atoms in total. The zero-order valence-electron chi connectivity index (χ0n) is 10.3. The minimum Gasteiger partial charge on any atom is -0.291 e. The van der Waals surface area contributed by atoms with Crippen LogP contribution in [0.1, 0.15) is 11.3 Å². The predicted molar refractivity (Wildman–Crippen MR) is 75.1 cm³/mol. The lowest BCUT2D eigenvalue weighted by Gasteiger charge is -1.98. The Morgan fingerprint density at radius 3 is 2.63 bits per heavy atom. The smallest absolute Gasteiger partial charge is 0.152 e. The van der Waals surface area contributed by atoms with E-state index in [1.165, 1.54) is 0 Å². The molecule has 2 heterocycles. The molecule has 0 saturated carbocycles. The molecule has 4 heteroatoms. The minimum atomic E-state index is 0.539. The lowest BCUT2D eigenvalue weighted by atomic mass is 10.1. The summed E-state index contributed by atoms with van der Waals surface area (Å²) >= 11 is 5.88. The van der Waals surface area contributed by atoms with Gasteiger partial charge in [0.1, 0.15) is 17.4 Å². The van der Waals surface area contributed by atoms with E-state index in [0.29, 0.717) is 16.4 Å². The molecule has 0 aliphatic carbocycles. The summed E-state index contributed by atoms with van der Waals surface area (Å²) in [7, 11) is 0. The van der Waals surface area contributed by atoms with Gasteiger partial charge in [0.2, 0.25) is 0 Å². The first-order valence-corrected chi connectivity index (χ1v) is 6.21. The highest BCUT2D eigenvalue weighted by Gasteiger charge is 2.13. The molecule has 0 aliphatic heterocycles. The van der Waals surface area contributed by atoms with Gasteiger partial charge in [-0.2, -0.15) is 5.26 Å². The Labute approximate surface area is 115 Å². The Bertz CT molecular complexity index is 795. The number of aromatic nitrogens is 2. The van der Waals surface area contributed by atoms with E-state index in [2.05, 4.69) is 11.1 Å². The van der Waals surface area contributed by atoms with Crippen LogP contribution in [0, 0.1) is 18.3 Å². The van der Waals surface area contributed by atoms with Gasteiger partial charge >= 0.3 is 0 Å². The molecular weight excluding hydrogens is 258 g/mol. The van der Waals surface area contributed by atoms with E-state index in [-0.39, 0.29) is 0 Å². The summed E-state index contributed by atoms with van der Waals surface area (Å²) in [6.45, 7) is 2.00. The van der Waals surface area contributed by atoms with E-state index in [1.807, 2.05) is 37.4 Å². The van der Waals surface area contributed by atoms with Crippen molar-refractivity contribution in [2.75, 3.05) is 0 Å². The van der Waals surface area contributed by atoms with Crippen molar-refractivity contribution < 1.29 is 0 Å². The Morgan fingerprint density at radius 1 is 1.21 bits per heavy atom. The number of hydrogen-bond acceptors (Lipinski definition) is 2. The van der Waals surface area contributed by atoms with Crippen molar-refractivity contribution in [1.29, 1.82) is 5.26 Å². The summed E-state index contributed by atoms with van der Waals surface area (Å²) < 4.78 is 1.80. The van der Waals surface area contributed by atoms with Crippen LogP contribution >= 0.6 is 11.6 Å². The van der Waals surface area contributed by atoms with Crippen molar-refractivity contribution in [3.8, 4) is 17.3 Å². The molecule has 0 amide bonds. The van der Waals surface area contributed by atoms with Crippen molar-refractivity contribution in [2.24, 2.45) is 0 Å². The standard InChI is InChI=1S/C15H10ClN3/c1-10-6-7-19-13(9-17)15(18-14(19)8-10)11-2-4-12(16)5-3-11/h2-8H,1H3. The van der Waals surface area contributed by atoms with E-state index in [1.54, 1.807) is 16.5 Å². The number of fused-ring (bicyclic) bond motifs is 1. The number of imidazole rings is 1. The maximum atomic E-state index is 9.35. The Morgan fingerprint density at radius 2 is 1.95 bits per heavy atom. The van der Waals surface area contributed by atoms with E-state index in [9.17, 15) is 5.26 Å². The van der Waals surface area contributed by atoms with Gasteiger partial charge < -0.3 is 0 Å². The third kappa shape index (κ3) is 1.96. The molecule has 0 spiro atoms. The molecule has 3 aromatic rings. The first-order valence-electron chi connectivity index (χ1n) is 5.84. The van der Waals surface area contributed by atoms with Crippen molar-refractivity contribution in [3.05, 3.63) is 58.9 Å². The third-order valence-electron chi connectivity index (χ3n) is 3.01. The monoisotopic (exact) mass is 267 g/mol. The number of rotatable bonds is 1. The molecule has 0 radical (unpaired) electrons. The molecule has 0 fully saturated rings. The summed E-state index contributed by atoms with van der Waals surface area (Å²) in [5.74, 6) is 0. The van der Waals surface area contributed by atoms with Gasteiger partial charge in [-0.15, -0.1) is 0 Å². The minimum absolute atomic E-state index is 0.539. The molecular formula is C15H10ClN3. The predicted octanol–water partition coefficient (Wildman–Crippen LogP) is 3.83. The molecule has 2 aromatic heterocycles. The molecule has 0 unspecified atom stereocenters. The number of nitrogens with zero attached hydrogens (tertiary/aromatic N) is 3. The van der Waals surface area contributed by atoms with Gasteiger partial charge in [-0.05, 0) is 36.8 Å². The summed E-state index contributed by atoms with van der Waals surface area (Å²) in [6.07, 6.45) is 1.87. The summed E-state index contributed by atoms with van der Waals surface area (Å²) in [6, 6.07) is 13.5. The van der Waals surface area contributed by atoms with Crippen molar-refractivity contribution >= 4 is 17.2 Å². The van der Waals surface area contributed by atoms with E-state index in [0.717, 1.165) is 16.8 Å². The van der Waals surface area contributed by atoms with Crippen molar-refractivity contribution in [3.63, 3.8) is 0 Å². The maximum Gasteiger partial charge on any atom is 0.152 e. The van der Waals surface area contributed by atoms with Gasteiger partial charge in [-0.1, -0.05) is 23.7 Å². The van der Waals surface area contributed by atoms with Crippen molar-refractivity contribution in [2.45, 2.75) is 6.92 Å². The zero-order chi connectivity index (χ0) is 13.4. The molecule has 0 saturated heterocycles. The maximum absolute atomic E-state index is 9.35. The summed E-state index contributed by atoms with van der Waals surface area (Å²) in [4.78, 5) is 4.54. The molecule has 0 bridgehead atoms. The van der Waals surface area contributed by atoms with Crippen molar-refractivity contribution in [1.82, 2.24) is 9.38 Å². The fourth-order valence-corrected chi connectivity index (χ4v) is 2.19. The number of aryl methyl sites for hydroxylation is 1. The third-order valence-corrected chi connectivity index (χ3v) is 3.26.